The SMILES string of the molecule is CCC(C)(C)CNC(C)c1ccccc1C(F)(F)F. The first kappa shape index (κ1) is 16.0. The van der Waals surface area contributed by atoms with Crippen LogP contribution in [0.5, 0.6) is 0 Å². The summed E-state index contributed by atoms with van der Waals surface area (Å²) in [6.45, 7) is 8.74. The molecule has 0 spiro atoms. The molecule has 0 fully saturated rings. The molecule has 0 aromatic heterocycles. The van der Waals surface area contributed by atoms with Gasteiger partial charge < -0.3 is 5.32 Å². The second kappa shape index (κ2) is 5.95. The van der Waals surface area contributed by atoms with Gasteiger partial charge in [0.1, 0.15) is 0 Å². The monoisotopic (exact) mass is 273 g/mol. The predicted molar refractivity (Wildman–Crippen MR) is 71.9 cm³/mol. The number of benzene rings is 1. The van der Waals surface area contributed by atoms with Crippen molar-refractivity contribution in [3.05, 3.63) is 35.4 Å². The zero-order chi connectivity index (χ0) is 14.7. The maximum absolute atomic E-state index is 12.9. The summed E-state index contributed by atoms with van der Waals surface area (Å²) in [7, 11) is 0. The average Bonchev–Trinajstić information content (AvgIpc) is 2.35. The fourth-order valence-corrected chi connectivity index (χ4v) is 1.80. The van der Waals surface area contributed by atoms with E-state index in [0.29, 0.717) is 12.1 Å². The quantitative estimate of drug-likeness (QED) is 0.813. The van der Waals surface area contributed by atoms with E-state index in [1.807, 2.05) is 0 Å². The van der Waals surface area contributed by atoms with Crippen LogP contribution < -0.4 is 5.32 Å². The molecule has 108 valence electrons. The summed E-state index contributed by atoms with van der Waals surface area (Å²) in [5.41, 5.74) is -0.159. The summed E-state index contributed by atoms with van der Waals surface area (Å²) < 4.78 is 38.8. The summed E-state index contributed by atoms with van der Waals surface area (Å²) >= 11 is 0. The van der Waals surface area contributed by atoms with Crippen LogP contribution in [0, 0.1) is 5.41 Å². The van der Waals surface area contributed by atoms with E-state index in [-0.39, 0.29) is 11.5 Å². The number of alkyl halides is 3. The number of hydrogen-bond donors (Lipinski definition) is 1. The molecule has 19 heavy (non-hydrogen) atoms. The van der Waals surface area contributed by atoms with Crippen molar-refractivity contribution in [2.24, 2.45) is 5.41 Å². The molecule has 0 aliphatic carbocycles. The highest BCUT2D eigenvalue weighted by Gasteiger charge is 2.34. The number of rotatable bonds is 5. The molecular weight excluding hydrogens is 251 g/mol. The third-order valence-electron chi connectivity index (χ3n) is 3.58. The van der Waals surface area contributed by atoms with E-state index in [4.69, 9.17) is 0 Å². The summed E-state index contributed by atoms with van der Waals surface area (Å²) in [6, 6.07) is 5.43. The van der Waals surface area contributed by atoms with Crippen LogP contribution >= 0.6 is 0 Å². The van der Waals surface area contributed by atoms with Gasteiger partial charge in [0, 0.05) is 12.6 Å². The van der Waals surface area contributed by atoms with Gasteiger partial charge in [-0.2, -0.15) is 13.2 Å². The average molecular weight is 273 g/mol. The normalized spacial score (nSPS) is 14.5. The van der Waals surface area contributed by atoms with E-state index in [1.54, 1.807) is 19.1 Å². The van der Waals surface area contributed by atoms with Crippen LogP contribution in [0.2, 0.25) is 0 Å². The summed E-state index contributed by atoms with van der Waals surface area (Å²) in [5.74, 6) is 0. The van der Waals surface area contributed by atoms with E-state index < -0.39 is 11.7 Å². The number of nitrogens with one attached hydrogen (secondary N) is 1. The Bertz CT molecular complexity index is 410. The Labute approximate surface area is 113 Å². The lowest BCUT2D eigenvalue weighted by molar-refractivity contribution is -0.138. The van der Waals surface area contributed by atoms with Gasteiger partial charge in [-0.25, -0.2) is 0 Å². The van der Waals surface area contributed by atoms with Gasteiger partial charge in [0.2, 0.25) is 0 Å². The van der Waals surface area contributed by atoms with Gasteiger partial charge in [0.15, 0.2) is 0 Å². The minimum absolute atomic E-state index is 0.0848. The highest BCUT2D eigenvalue weighted by Crippen LogP contribution is 2.34. The highest BCUT2D eigenvalue weighted by atomic mass is 19.4. The van der Waals surface area contributed by atoms with Gasteiger partial charge in [0.05, 0.1) is 5.56 Å². The fourth-order valence-electron chi connectivity index (χ4n) is 1.80. The standard InChI is InChI=1S/C15H22F3N/c1-5-14(3,4)10-19-11(2)12-8-6-7-9-13(12)15(16,17)18/h6-9,11,19H,5,10H2,1-4H3. The van der Waals surface area contributed by atoms with E-state index in [9.17, 15) is 13.2 Å². The second-order valence-corrected chi connectivity index (χ2v) is 5.71. The van der Waals surface area contributed by atoms with Crippen LogP contribution in [0.3, 0.4) is 0 Å². The molecule has 1 unspecified atom stereocenters. The number of halogens is 3. The van der Waals surface area contributed by atoms with Crippen LogP contribution in [-0.2, 0) is 6.18 Å². The molecule has 0 radical (unpaired) electrons. The molecule has 1 N–H and O–H groups in total. The maximum Gasteiger partial charge on any atom is 0.416 e. The van der Waals surface area contributed by atoms with E-state index in [2.05, 4.69) is 26.1 Å². The smallest absolute Gasteiger partial charge is 0.310 e. The summed E-state index contributed by atoms with van der Waals surface area (Å²) in [6.07, 6.45) is -3.32. The van der Waals surface area contributed by atoms with Gasteiger partial charge in [-0.3, -0.25) is 0 Å². The van der Waals surface area contributed by atoms with Crippen molar-refractivity contribution in [3.63, 3.8) is 0 Å². The summed E-state index contributed by atoms with van der Waals surface area (Å²) in [4.78, 5) is 0. The lowest BCUT2D eigenvalue weighted by Gasteiger charge is -2.27. The van der Waals surface area contributed by atoms with Crippen LogP contribution in [0.25, 0.3) is 0 Å². The van der Waals surface area contributed by atoms with Crippen LogP contribution in [-0.4, -0.2) is 6.54 Å². The first-order chi connectivity index (χ1) is 8.67. The van der Waals surface area contributed by atoms with Crippen LogP contribution in [0.1, 0.15) is 51.3 Å². The van der Waals surface area contributed by atoms with E-state index in [1.165, 1.54) is 6.07 Å². The lowest BCUT2D eigenvalue weighted by atomic mass is 9.89. The molecule has 1 aromatic rings. The van der Waals surface area contributed by atoms with Gasteiger partial charge in [0.25, 0.3) is 0 Å². The third kappa shape index (κ3) is 4.53. The van der Waals surface area contributed by atoms with Gasteiger partial charge in [-0.05, 0) is 30.4 Å². The van der Waals surface area contributed by atoms with Crippen LogP contribution in [0.4, 0.5) is 13.2 Å². The Morgan fingerprint density at radius 3 is 2.26 bits per heavy atom. The topological polar surface area (TPSA) is 12.0 Å². The Kier molecular flexibility index (Phi) is 5.02. The van der Waals surface area contributed by atoms with Gasteiger partial charge in [-0.15, -0.1) is 0 Å². The minimum Gasteiger partial charge on any atom is -0.310 e. The molecular formula is C15H22F3N. The highest BCUT2D eigenvalue weighted by molar-refractivity contribution is 5.32. The first-order valence-electron chi connectivity index (χ1n) is 6.57. The molecule has 0 bridgehead atoms. The molecule has 1 atom stereocenters. The van der Waals surface area contributed by atoms with Gasteiger partial charge >= 0.3 is 6.18 Å². The Balaban J connectivity index is 2.86. The molecule has 0 saturated heterocycles. The lowest BCUT2D eigenvalue weighted by Crippen LogP contribution is -2.31. The molecule has 0 saturated carbocycles. The first-order valence-corrected chi connectivity index (χ1v) is 6.57. The molecule has 0 amide bonds. The molecule has 1 nitrogen and oxygen atoms in total. The Morgan fingerprint density at radius 2 is 1.74 bits per heavy atom. The van der Waals surface area contributed by atoms with Crippen molar-refractivity contribution >= 4 is 0 Å². The predicted octanol–water partition coefficient (Wildman–Crippen LogP) is 4.79. The molecule has 0 aliphatic rings. The van der Waals surface area contributed by atoms with Crippen molar-refractivity contribution < 1.29 is 13.2 Å². The molecule has 1 rings (SSSR count). The second-order valence-electron chi connectivity index (χ2n) is 5.71. The molecule has 4 heteroatoms. The zero-order valence-corrected chi connectivity index (χ0v) is 11.9. The Morgan fingerprint density at radius 1 is 1.16 bits per heavy atom. The van der Waals surface area contributed by atoms with E-state index in [0.717, 1.165) is 12.5 Å². The number of hydrogen-bond acceptors (Lipinski definition) is 1. The molecule has 0 aliphatic heterocycles. The van der Waals surface area contributed by atoms with Crippen molar-refractivity contribution in [3.8, 4) is 0 Å². The van der Waals surface area contributed by atoms with Crippen molar-refractivity contribution in [2.75, 3.05) is 6.54 Å². The van der Waals surface area contributed by atoms with Crippen molar-refractivity contribution in [1.29, 1.82) is 0 Å². The zero-order valence-electron chi connectivity index (χ0n) is 11.9. The van der Waals surface area contributed by atoms with Gasteiger partial charge in [-0.1, -0.05) is 39.0 Å². The van der Waals surface area contributed by atoms with Crippen molar-refractivity contribution in [1.82, 2.24) is 5.32 Å². The maximum atomic E-state index is 12.9. The molecule has 1 aromatic carbocycles. The Hall–Kier alpha value is -1.03. The van der Waals surface area contributed by atoms with Crippen LogP contribution in [0.15, 0.2) is 24.3 Å². The third-order valence-corrected chi connectivity index (χ3v) is 3.58. The molecule has 0 heterocycles. The summed E-state index contributed by atoms with van der Waals surface area (Å²) in [5, 5.41) is 3.20. The van der Waals surface area contributed by atoms with Crippen molar-refractivity contribution in [2.45, 2.75) is 46.3 Å². The largest absolute Gasteiger partial charge is 0.416 e. The van der Waals surface area contributed by atoms with E-state index >= 15 is 0 Å². The minimum atomic E-state index is -4.30. The fraction of sp³-hybridized carbons (Fsp3) is 0.600.